The minimum atomic E-state index is -0.674. The Balaban J connectivity index is 2.85. The summed E-state index contributed by atoms with van der Waals surface area (Å²) >= 11 is 0. The van der Waals surface area contributed by atoms with Crippen LogP contribution in [0.1, 0.15) is 5.56 Å². The van der Waals surface area contributed by atoms with Crippen molar-refractivity contribution in [1.82, 2.24) is 0 Å². The Hall–Kier alpha value is -1.61. The maximum Gasteiger partial charge on any atom is 0.172 e. The van der Waals surface area contributed by atoms with Crippen LogP contribution in [0.4, 0.5) is 4.39 Å². The lowest BCUT2D eigenvalue weighted by molar-refractivity contribution is 0.273. The number of aromatic hydroxyl groups is 1. The van der Waals surface area contributed by atoms with E-state index in [1.54, 1.807) is 30.3 Å². The van der Waals surface area contributed by atoms with Crippen LogP contribution in [0.25, 0.3) is 10.8 Å². The maximum absolute atomic E-state index is 13.5. The zero-order valence-electron chi connectivity index (χ0n) is 7.37. The third-order valence-corrected chi connectivity index (χ3v) is 2.21. The van der Waals surface area contributed by atoms with E-state index < -0.39 is 11.6 Å². The van der Waals surface area contributed by atoms with Crippen LogP contribution in [0, 0.1) is 5.82 Å². The zero-order valence-corrected chi connectivity index (χ0v) is 7.37. The van der Waals surface area contributed by atoms with Gasteiger partial charge in [0.1, 0.15) is 0 Å². The molecule has 0 atom stereocenters. The number of aliphatic hydroxyl groups excluding tert-OH is 1. The fraction of sp³-hybridized carbons (Fsp3) is 0.0909. The normalized spacial score (nSPS) is 10.7. The minimum absolute atomic E-state index is 0.209. The van der Waals surface area contributed by atoms with Crippen molar-refractivity contribution >= 4 is 10.8 Å². The summed E-state index contributed by atoms with van der Waals surface area (Å²) in [7, 11) is 0. The first-order chi connectivity index (χ1) is 6.74. The summed E-state index contributed by atoms with van der Waals surface area (Å²) in [5, 5.41) is 19.3. The molecule has 2 nitrogen and oxygen atoms in total. The molecule has 0 saturated heterocycles. The van der Waals surface area contributed by atoms with Gasteiger partial charge in [-0.1, -0.05) is 24.3 Å². The molecule has 0 bridgehead atoms. The average Bonchev–Trinajstić information content (AvgIpc) is 2.23. The molecule has 2 aromatic carbocycles. The Morgan fingerprint density at radius 1 is 1.21 bits per heavy atom. The van der Waals surface area contributed by atoms with E-state index in [0.717, 1.165) is 0 Å². The third kappa shape index (κ3) is 1.22. The molecule has 0 aliphatic rings. The molecule has 0 fully saturated rings. The van der Waals surface area contributed by atoms with E-state index in [2.05, 4.69) is 0 Å². The molecule has 72 valence electrons. The number of benzene rings is 2. The molecule has 0 amide bonds. The highest BCUT2D eigenvalue weighted by Gasteiger charge is 2.10. The van der Waals surface area contributed by atoms with Gasteiger partial charge in [-0.05, 0) is 11.5 Å². The molecule has 0 heterocycles. The SMILES string of the molecule is OCc1cc2ccccc2c(F)c1O. The number of hydrogen-bond acceptors (Lipinski definition) is 2. The van der Waals surface area contributed by atoms with Crippen molar-refractivity contribution < 1.29 is 14.6 Å². The summed E-state index contributed by atoms with van der Waals surface area (Å²) in [4.78, 5) is 0. The molecule has 0 aliphatic carbocycles. The van der Waals surface area contributed by atoms with Crippen molar-refractivity contribution in [3.63, 3.8) is 0 Å². The fourth-order valence-corrected chi connectivity index (χ4v) is 1.47. The largest absolute Gasteiger partial charge is 0.505 e. The van der Waals surface area contributed by atoms with Gasteiger partial charge in [0.15, 0.2) is 11.6 Å². The Kier molecular flexibility index (Phi) is 2.09. The number of fused-ring (bicyclic) bond motifs is 1. The van der Waals surface area contributed by atoms with Crippen LogP contribution < -0.4 is 0 Å². The molecule has 0 spiro atoms. The Labute approximate surface area is 80.2 Å². The van der Waals surface area contributed by atoms with Gasteiger partial charge in [0.05, 0.1) is 6.61 Å². The van der Waals surface area contributed by atoms with Crippen LogP contribution in [-0.2, 0) is 6.61 Å². The Bertz CT molecular complexity index is 480. The molecule has 0 unspecified atom stereocenters. The molecule has 0 radical (unpaired) electrons. The standard InChI is InChI=1S/C11H9FO2/c12-10-9-4-2-1-3-7(9)5-8(6-13)11(10)14/h1-5,13-14H,6H2. The topological polar surface area (TPSA) is 40.5 Å². The first-order valence-electron chi connectivity index (χ1n) is 4.24. The summed E-state index contributed by atoms with van der Waals surface area (Å²) in [6.45, 7) is -0.367. The fourth-order valence-electron chi connectivity index (χ4n) is 1.47. The van der Waals surface area contributed by atoms with Crippen LogP contribution in [0.15, 0.2) is 30.3 Å². The second-order valence-electron chi connectivity index (χ2n) is 3.08. The molecule has 0 saturated carbocycles. The molecular formula is C11H9FO2. The van der Waals surface area contributed by atoms with E-state index in [9.17, 15) is 9.50 Å². The Morgan fingerprint density at radius 2 is 1.93 bits per heavy atom. The molecule has 3 heteroatoms. The third-order valence-electron chi connectivity index (χ3n) is 2.21. The van der Waals surface area contributed by atoms with Crippen LogP contribution in [0.2, 0.25) is 0 Å². The summed E-state index contributed by atoms with van der Waals surface area (Å²) < 4.78 is 13.5. The van der Waals surface area contributed by atoms with E-state index in [1.807, 2.05) is 0 Å². The smallest absolute Gasteiger partial charge is 0.172 e. The van der Waals surface area contributed by atoms with Gasteiger partial charge >= 0.3 is 0 Å². The van der Waals surface area contributed by atoms with Crippen molar-refractivity contribution in [3.05, 3.63) is 41.7 Å². The number of aliphatic hydroxyl groups is 1. The number of halogens is 1. The van der Waals surface area contributed by atoms with Gasteiger partial charge in [-0.2, -0.15) is 0 Å². The van der Waals surface area contributed by atoms with Crippen molar-refractivity contribution in [2.45, 2.75) is 6.61 Å². The second-order valence-corrected chi connectivity index (χ2v) is 3.08. The van der Waals surface area contributed by atoms with Gasteiger partial charge < -0.3 is 10.2 Å². The molecule has 2 rings (SSSR count). The van der Waals surface area contributed by atoms with Crippen molar-refractivity contribution in [3.8, 4) is 5.75 Å². The van der Waals surface area contributed by atoms with Crippen LogP contribution in [0.5, 0.6) is 5.75 Å². The summed E-state index contributed by atoms with van der Waals surface area (Å²) in [6.07, 6.45) is 0. The predicted octanol–water partition coefficient (Wildman–Crippen LogP) is 2.18. The number of phenols is 1. The highest BCUT2D eigenvalue weighted by atomic mass is 19.1. The highest BCUT2D eigenvalue weighted by Crippen LogP contribution is 2.29. The van der Waals surface area contributed by atoms with Gasteiger partial charge in [0.25, 0.3) is 0 Å². The molecule has 0 aliphatic heterocycles. The molecular weight excluding hydrogens is 183 g/mol. The van der Waals surface area contributed by atoms with E-state index in [-0.39, 0.29) is 12.2 Å². The number of hydrogen-bond donors (Lipinski definition) is 2. The highest BCUT2D eigenvalue weighted by molar-refractivity contribution is 5.85. The molecule has 2 aromatic rings. The predicted molar refractivity (Wildman–Crippen MR) is 51.5 cm³/mol. The summed E-state index contributed by atoms with van der Waals surface area (Å²) in [6, 6.07) is 8.37. The first kappa shape index (κ1) is 8.97. The lowest BCUT2D eigenvalue weighted by Crippen LogP contribution is -1.89. The maximum atomic E-state index is 13.5. The first-order valence-corrected chi connectivity index (χ1v) is 4.24. The van der Waals surface area contributed by atoms with E-state index >= 15 is 0 Å². The lowest BCUT2D eigenvalue weighted by Gasteiger charge is -2.05. The Morgan fingerprint density at radius 3 is 2.64 bits per heavy atom. The second kappa shape index (κ2) is 3.27. The van der Waals surface area contributed by atoms with Crippen LogP contribution in [0.3, 0.4) is 0 Å². The van der Waals surface area contributed by atoms with Gasteiger partial charge in [0.2, 0.25) is 0 Å². The van der Waals surface area contributed by atoms with E-state index in [0.29, 0.717) is 10.8 Å². The number of rotatable bonds is 1. The zero-order chi connectivity index (χ0) is 10.1. The lowest BCUT2D eigenvalue weighted by atomic mass is 10.1. The van der Waals surface area contributed by atoms with Gasteiger partial charge in [-0.3, -0.25) is 0 Å². The van der Waals surface area contributed by atoms with Crippen LogP contribution >= 0.6 is 0 Å². The monoisotopic (exact) mass is 192 g/mol. The van der Waals surface area contributed by atoms with Crippen molar-refractivity contribution in [2.75, 3.05) is 0 Å². The minimum Gasteiger partial charge on any atom is -0.505 e. The summed E-state index contributed by atoms with van der Waals surface area (Å²) in [5.74, 6) is -1.14. The van der Waals surface area contributed by atoms with E-state index in [1.165, 1.54) is 0 Å². The van der Waals surface area contributed by atoms with Crippen molar-refractivity contribution in [1.29, 1.82) is 0 Å². The van der Waals surface area contributed by atoms with Gasteiger partial charge in [0, 0.05) is 10.9 Å². The van der Waals surface area contributed by atoms with Crippen LogP contribution in [-0.4, -0.2) is 10.2 Å². The molecule has 2 N–H and O–H groups in total. The molecule has 0 aromatic heterocycles. The van der Waals surface area contributed by atoms with E-state index in [4.69, 9.17) is 5.11 Å². The van der Waals surface area contributed by atoms with Gasteiger partial charge in [-0.15, -0.1) is 0 Å². The van der Waals surface area contributed by atoms with Crippen molar-refractivity contribution in [2.24, 2.45) is 0 Å². The molecule has 14 heavy (non-hydrogen) atoms. The van der Waals surface area contributed by atoms with Gasteiger partial charge in [-0.25, -0.2) is 4.39 Å². The quantitative estimate of drug-likeness (QED) is 0.727. The summed E-state index contributed by atoms with van der Waals surface area (Å²) in [5.41, 5.74) is 0.209. The average molecular weight is 192 g/mol.